The molecular weight excluding hydrogens is 182 g/mol. The number of hydrogen-bond donors (Lipinski definition) is 1. The number of aryl methyl sites for hydroxylation is 1. The van der Waals surface area contributed by atoms with Crippen molar-refractivity contribution in [2.24, 2.45) is 0 Å². The standard InChI is InChI=1S/C11H17N.ClH/c1-9(2)12-8-11-6-4-5-10(3)7-11;/h4-7,9,12H,8H2,1-3H3;1H. The zero-order valence-corrected chi connectivity index (χ0v) is 9.32. The molecule has 0 saturated heterocycles. The van der Waals surface area contributed by atoms with Crippen LogP contribution >= 0.6 is 12.4 Å². The van der Waals surface area contributed by atoms with Crippen LogP contribution in [0.3, 0.4) is 0 Å². The van der Waals surface area contributed by atoms with E-state index in [1.54, 1.807) is 0 Å². The number of benzene rings is 1. The maximum absolute atomic E-state index is 3.39. The van der Waals surface area contributed by atoms with Crippen LogP contribution in [0.2, 0.25) is 0 Å². The third-order valence-corrected chi connectivity index (χ3v) is 1.80. The molecule has 0 aliphatic rings. The first kappa shape index (κ1) is 12.5. The van der Waals surface area contributed by atoms with Gasteiger partial charge in [0.05, 0.1) is 0 Å². The molecule has 0 amide bonds. The highest BCUT2D eigenvalue weighted by molar-refractivity contribution is 5.85. The molecule has 1 nitrogen and oxygen atoms in total. The molecule has 0 unspecified atom stereocenters. The summed E-state index contributed by atoms with van der Waals surface area (Å²) in [4.78, 5) is 0. The predicted octanol–water partition coefficient (Wildman–Crippen LogP) is 2.91. The summed E-state index contributed by atoms with van der Waals surface area (Å²) in [5.74, 6) is 0. The van der Waals surface area contributed by atoms with Gasteiger partial charge in [-0.05, 0) is 12.5 Å². The Morgan fingerprint density at radius 3 is 2.54 bits per heavy atom. The van der Waals surface area contributed by atoms with E-state index >= 15 is 0 Å². The van der Waals surface area contributed by atoms with E-state index in [4.69, 9.17) is 0 Å². The lowest BCUT2D eigenvalue weighted by Gasteiger charge is -2.07. The molecule has 0 atom stereocenters. The smallest absolute Gasteiger partial charge is 0.0207 e. The van der Waals surface area contributed by atoms with Crippen molar-refractivity contribution in [3.05, 3.63) is 35.4 Å². The van der Waals surface area contributed by atoms with Crippen LogP contribution < -0.4 is 5.32 Å². The van der Waals surface area contributed by atoms with Crippen LogP contribution in [0.4, 0.5) is 0 Å². The fraction of sp³-hybridized carbons (Fsp3) is 0.455. The Balaban J connectivity index is 0.00000144. The van der Waals surface area contributed by atoms with Crippen LogP contribution in [0, 0.1) is 6.92 Å². The van der Waals surface area contributed by atoms with Crippen molar-refractivity contribution in [2.45, 2.75) is 33.4 Å². The molecule has 0 fully saturated rings. The number of nitrogens with one attached hydrogen (secondary N) is 1. The lowest BCUT2D eigenvalue weighted by Crippen LogP contribution is -2.21. The SMILES string of the molecule is Cc1cccc(CNC(C)C)c1.Cl. The molecule has 1 aromatic carbocycles. The van der Waals surface area contributed by atoms with Crippen molar-refractivity contribution in [3.63, 3.8) is 0 Å². The van der Waals surface area contributed by atoms with E-state index in [-0.39, 0.29) is 12.4 Å². The first-order valence-corrected chi connectivity index (χ1v) is 4.47. The largest absolute Gasteiger partial charge is 0.310 e. The Hall–Kier alpha value is -0.530. The second-order valence-corrected chi connectivity index (χ2v) is 3.52. The highest BCUT2D eigenvalue weighted by atomic mass is 35.5. The van der Waals surface area contributed by atoms with E-state index in [2.05, 4.69) is 50.4 Å². The molecule has 0 aromatic heterocycles. The van der Waals surface area contributed by atoms with Gasteiger partial charge >= 0.3 is 0 Å². The number of hydrogen-bond acceptors (Lipinski definition) is 1. The normalized spacial score (nSPS) is 9.85. The van der Waals surface area contributed by atoms with Crippen molar-refractivity contribution in [1.29, 1.82) is 0 Å². The van der Waals surface area contributed by atoms with E-state index in [0.29, 0.717) is 6.04 Å². The van der Waals surface area contributed by atoms with Crippen molar-refractivity contribution < 1.29 is 0 Å². The third-order valence-electron chi connectivity index (χ3n) is 1.80. The molecule has 74 valence electrons. The summed E-state index contributed by atoms with van der Waals surface area (Å²) in [5.41, 5.74) is 2.70. The third kappa shape index (κ3) is 4.91. The van der Waals surface area contributed by atoms with Crippen LogP contribution in [0.5, 0.6) is 0 Å². The fourth-order valence-electron chi connectivity index (χ4n) is 1.14. The number of rotatable bonds is 3. The van der Waals surface area contributed by atoms with Crippen LogP contribution in [0.15, 0.2) is 24.3 Å². The molecule has 2 heteroatoms. The topological polar surface area (TPSA) is 12.0 Å². The van der Waals surface area contributed by atoms with Gasteiger partial charge in [0.2, 0.25) is 0 Å². The molecular formula is C11H18ClN. The maximum atomic E-state index is 3.39. The van der Waals surface area contributed by atoms with E-state index in [1.807, 2.05) is 0 Å². The molecule has 13 heavy (non-hydrogen) atoms. The van der Waals surface area contributed by atoms with Gasteiger partial charge in [-0.3, -0.25) is 0 Å². The minimum Gasteiger partial charge on any atom is -0.310 e. The lowest BCUT2D eigenvalue weighted by atomic mass is 10.1. The first-order chi connectivity index (χ1) is 5.68. The lowest BCUT2D eigenvalue weighted by molar-refractivity contribution is 0.588. The second-order valence-electron chi connectivity index (χ2n) is 3.52. The Morgan fingerprint density at radius 1 is 1.31 bits per heavy atom. The van der Waals surface area contributed by atoms with E-state index in [9.17, 15) is 0 Å². The van der Waals surface area contributed by atoms with Gasteiger partial charge in [-0.2, -0.15) is 0 Å². The van der Waals surface area contributed by atoms with Gasteiger partial charge < -0.3 is 5.32 Å². The van der Waals surface area contributed by atoms with Gasteiger partial charge in [0.25, 0.3) is 0 Å². The Bertz CT molecular complexity index is 246. The Morgan fingerprint density at radius 2 is 2.00 bits per heavy atom. The molecule has 0 saturated carbocycles. The van der Waals surface area contributed by atoms with Crippen molar-refractivity contribution in [1.82, 2.24) is 5.32 Å². The minimum atomic E-state index is 0. The van der Waals surface area contributed by atoms with Crippen LogP contribution in [0.1, 0.15) is 25.0 Å². The molecule has 0 aliphatic carbocycles. The molecule has 0 aliphatic heterocycles. The highest BCUT2D eigenvalue weighted by Crippen LogP contribution is 2.03. The van der Waals surface area contributed by atoms with E-state index in [0.717, 1.165) is 6.54 Å². The summed E-state index contributed by atoms with van der Waals surface area (Å²) in [6.45, 7) is 7.42. The van der Waals surface area contributed by atoms with E-state index < -0.39 is 0 Å². The summed E-state index contributed by atoms with van der Waals surface area (Å²) in [5, 5.41) is 3.39. The van der Waals surface area contributed by atoms with Crippen LogP contribution in [-0.4, -0.2) is 6.04 Å². The average molecular weight is 200 g/mol. The van der Waals surface area contributed by atoms with Crippen LogP contribution in [-0.2, 0) is 6.54 Å². The van der Waals surface area contributed by atoms with Crippen molar-refractivity contribution >= 4 is 12.4 Å². The summed E-state index contributed by atoms with van der Waals surface area (Å²) < 4.78 is 0. The van der Waals surface area contributed by atoms with Crippen molar-refractivity contribution in [3.8, 4) is 0 Å². The molecule has 0 radical (unpaired) electrons. The summed E-state index contributed by atoms with van der Waals surface area (Å²) in [7, 11) is 0. The minimum absolute atomic E-state index is 0. The molecule has 0 bridgehead atoms. The average Bonchev–Trinajstić information content (AvgIpc) is 2.01. The van der Waals surface area contributed by atoms with Crippen LogP contribution in [0.25, 0.3) is 0 Å². The quantitative estimate of drug-likeness (QED) is 0.790. The summed E-state index contributed by atoms with van der Waals surface area (Å²) in [6.07, 6.45) is 0. The van der Waals surface area contributed by atoms with Gasteiger partial charge in [0.15, 0.2) is 0 Å². The highest BCUT2D eigenvalue weighted by Gasteiger charge is 1.94. The monoisotopic (exact) mass is 199 g/mol. The fourth-order valence-corrected chi connectivity index (χ4v) is 1.14. The maximum Gasteiger partial charge on any atom is 0.0207 e. The molecule has 0 spiro atoms. The predicted molar refractivity (Wildman–Crippen MR) is 60.4 cm³/mol. The van der Waals surface area contributed by atoms with Gasteiger partial charge in [-0.25, -0.2) is 0 Å². The number of halogens is 1. The Kier molecular flexibility index (Phi) is 5.76. The van der Waals surface area contributed by atoms with Gasteiger partial charge in [0.1, 0.15) is 0 Å². The zero-order valence-electron chi connectivity index (χ0n) is 8.50. The molecule has 1 N–H and O–H groups in total. The van der Waals surface area contributed by atoms with Crippen molar-refractivity contribution in [2.75, 3.05) is 0 Å². The Labute approximate surface area is 87.0 Å². The first-order valence-electron chi connectivity index (χ1n) is 4.47. The summed E-state index contributed by atoms with van der Waals surface area (Å²) in [6, 6.07) is 9.16. The summed E-state index contributed by atoms with van der Waals surface area (Å²) >= 11 is 0. The van der Waals surface area contributed by atoms with Gasteiger partial charge in [-0.15, -0.1) is 12.4 Å². The zero-order chi connectivity index (χ0) is 8.97. The molecule has 0 heterocycles. The molecule has 1 aromatic rings. The van der Waals surface area contributed by atoms with E-state index in [1.165, 1.54) is 11.1 Å². The second kappa shape index (κ2) is 6.01. The van der Waals surface area contributed by atoms with Gasteiger partial charge in [0, 0.05) is 12.6 Å². The molecule has 1 rings (SSSR count). The van der Waals surface area contributed by atoms with Gasteiger partial charge in [-0.1, -0.05) is 43.7 Å².